The lowest BCUT2D eigenvalue weighted by Gasteiger charge is -2.38. The molecule has 2 aromatic rings. The Morgan fingerprint density at radius 3 is 2.44 bits per heavy atom. The summed E-state index contributed by atoms with van der Waals surface area (Å²) in [5, 5.41) is 32.7. The van der Waals surface area contributed by atoms with Gasteiger partial charge < -0.3 is 29.5 Å². The number of phenolic OH excluding ortho intramolecular Hbond substituents is 2. The number of hydrogen-bond donors (Lipinski definition) is 3. The first-order valence-electron chi connectivity index (χ1n) is 12.0. The number of aliphatic hydroxyl groups excluding tert-OH is 1. The van der Waals surface area contributed by atoms with E-state index in [1.54, 1.807) is 19.1 Å². The van der Waals surface area contributed by atoms with Crippen molar-refractivity contribution in [2.75, 3.05) is 7.11 Å². The largest absolute Gasteiger partial charge is 0.507 e. The molecular formula is C27H28O9. The van der Waals surface area contributed by atoms with Crippen LogP contribution >= 0.6 is 0 Å². The first-order valence-corrected chi connectivity index (χ1v) is 12.0. The second-order valence-corrected chi connectivity index (χ2v) is 9.67. The van der Waals surface area contributed by atoms with Crippen LogP contribution < -0.4 is 4.74 Å². The molecule has 190 valence electrons. The van der Waals surface area contributed by atoms with Crippen molar-refractivity contribution in [2.45, 2.75) is 64.1 Å². The normalized spacial score (nSPS) is 27.2. The van der Waals surface area contributed by atoms with E-state index in [0.29, 0.717) is 12.8 Å². The third kappa shape index (κ3) is 3.70. The van der Waals surface area contributed by atoms with Gasteiger partial charge >= 0.3 is 0 Å². The number of benzene rings is 2. The molecule has 2 aliphatic carbocycles. The Hall–Kier alpha value is -3.27. The van der Waals surface area contributed by atoms with Crippen molar-refractivity contribution >= 4 is 17.3 Å². The highest BCUT2D eigenvalue weighted by atomic mass is 16.7. The molecule has 2 aromatic carbocycles. The van der Waals surface area contributed by atoms with E-state index in [-0.39, 0.29) is 57.8 Å². The van der Waals surface area contributed by atoms with Gasteiger partial charge in [-0.1, -0.05) is 12.1 Å². The average Bonchev–Trinajstić information content (AvgIpc) is 2.85. The van der Waals surface area contributed by atoms with E-state index in [4.69, 9.17) is 14.2 Å². The van der Waals surface area contributed by atoms with Gasteiger partial charge in [-0.25, -0.2) is 0 Å². The number of Topliss-reactive ketones (excluding diaryl/α,β-unsaturated/α-hetero) is 1. The van der Waals surface area contributed by atoms with Crippen LogP contribution in [-0.4, -0.2) is 58.3 Å². The van der Waals surface area contributed by atoms with Crippen LogP contribution in [0.25, 0.3) is 0 Å². The number of phenols is 2. The number of fused-ring (bicyclic) bond motifs is 3. The molecule has 36 heavy (non-hydrogen) atoms. The number of methoxy groups -OCH3 is 1. The Morgan fingerprint density at radius 2 is 1.78 bits per heavy atom. The van der Waals surface area contributed by atoms with E-state index in [9.17, 15) is 29.7 Å². The summed E-state index contributed by atoms with van der Waals surface area (Å²) in [6, 6.07) is 4.59. The van der Waals surface area contributed by atoms with Crippen LogP contribution in [0.4, 0.5) is 0 Å². The molecule has 0 radical (unpaired) electrons. The molecule has 0 bridgehead atoms. The van der Waals surface area contributed by atoms with Crippen molar-refractivity contribution in [2.24, 2.45) is 5.92 Å². The van der Waals surface area contributed by atoms with Crippen LogP contribution in [0.1, 0.15) is 82.2 Å². The predicted molar refractivity (Wildman–Crippen MR) is 126 cm³/mol. The molecule has 0 spiro atoms. The van der Waals surface area contributed by atoms with Crippen LogP contribution in [-0.2, 0) is 20.7 Å². The van der Waals surface area contributed by atoms with Gasteiger partial charge in [0.15, 0.2) is 12.1 Å². The van der Waals surface area contributed by atoms with Gasteiger partial charge in [-0.2, -0.15) is 0 Å². The molecule has 9 heteroatoms. The Labute approximate surface area is 207 Å². The first-order chi connectivity index (χ1) is 17.1. The number of aromatic hydroxyl groups is 2. The van der Waals surface area contributed by atoms with Gasteiger partial charge in [0.25, 0.3) is 0 Å². The molecule has 5 atom stereocenters. The SMILES string of the molecule is COc1cccc2c1C(=O)c1c(O)c3c(c(O)c1C2=O)C[C@@H](C(C)=O)C[C@@H]3OC1CC[C@H](O)[C@H](C)O1. The van der Waals surface area contributed by atoms with Crippen LogP contribution in [0.5, 0.6) is 17.2 Å². The molecule has 3 N–H and O–H groups in total. The molecule has 0 amide bonds. The van der Waals surface area contributed by atoms with E-state index < -0.39 is 53.6 Å². The maximum absolute atomic E-state index is 13.6. The van der Waals surface area contributed by atoms with Crippen molar-refractivity contribution < 1.29 is 43.9 Å². The zero-order valence-electron chi connectivity index (χ0n) is 20.2. The topological polar surface area (TPSA) is 140 Å². The number of aliphatic hydroxyl groups is 1. The third-order valence-electron chi connectivity index (χ3n) is 7.53. The number of rotatable bonds is 4. The standard InChI is InChI=1S/C27H28O9/c1-11(28)13-9-15-21(18(10-13)36-19-8-7-16(29)12(2)35-19)27(33)23-22(25(15)31)24(30)14-5-4-6-17(34-3)20(14)26(23)32/h4-6,12-13,16,18-19,29,31,33H,7-10H2,1-3H3/t12-,13+,16-,18-,19?/m0/s1. The van der Waals surface area contributed by atoms with Crippen LogP contribution in [0.2, 0.25) is 0 Å². The monoisotopic (exact) mass is 496 g/mol. The highest BCUT2D eigenvalue weighted by molar-refractivity contribution is 6.31. The molecule has 3 aliphatic rings. The third-order valence-corrected chi connectivity index (χ3v) is 7.53. The molecule has 9 nitrogen and oxygen atoms in total. The summed E-state index contributed by atoms with van der Waals surface area (Å²) in [5.74, 6) is -2.63. The van der Waals surface area contributed by atoms with Crippen molar-refractivity contribution in [1.82, 2.24) is 0 Å². The summed E-state index contributed by atoms with van der Waals surface area (Å²) in [6.07, 6.45) is -1.57. The summed E-state index contributed by atoms with van der Waals surface area (Å²) < 4.78 is 17.2. The summed E-state index contributed by atoms with van der Waals surface area (Å²) >= 11 is 0. The fourth-order valence-electron chi connectivity index (χ4n) is 5.54. The highest BCUT2D eigenvalue weighted by Gasteiger charge is 2.44. The van der Waals surface area contributed by atoms with Crippen LogP contribution in [0.15, 0.2) is 18.2 Å². The molecule has 1 saturated heterocycles. The lowest BCUT2D eigenvalue weighted by atomic mass is 9.74. The van der Waals surface area contributed by atoms with Gasteiger partial charge in [0.2, 0.25) is 5.78 Å². The summed E-state index contributed by atoms with van der Waals surface area (Å²) in [6.45, 7) is 3.16. The molecule has 0 saturated carbocycles. The quantitative estimate of drug-likeness (QED) is 0.465. The fraction of sp³-hybridized carbons (Fsp3) is 0.444. The van der Waals surface area contributed by atoms with Gasteiger partial charge in [-0.05, 0) is 39.2 Å². The van der Waals surface area contributed by atoms with Crippen molar-refractivity contribution in [3.8, 4) is 17.2 Å². The van der Waals surface area contributed by atoms with Gasteiger partial charge in [-0.3, -0.25) is 14.4 Å². The number of carbonyl (C=O) groups excluding carboxylic acids is 3. The Bertz CT molecular complexity index is 1280. The second kappa shape index (κ2) is 8.99. The Balaban J connectivity index is 1.66. The number of hydrogen-bond acceptors (Lipinski definition) is 9. The van der Waals surface area contributed by atoms with E-state index >= 15 is 0 Å². The minimum Gasteiger partial charge on any atom is -0.507 e. The molecule has 1 fully saturated rings. The lowest BCUT2D eigenvalue weighted by molar-refractivity contribution is -0.239. The maximum Gasteiger partial charge on any atom is 0.202 e. The highest BCUT2D eigenvalue weighted by Crippen LogP contribution is 2.51. The van der Waals surface area contributed by atoms with Gasteiger partial charge in [-0.15, -0.1) is 0 Å². The summed E-state index contributed by atoms with van der Waals surface area (Å²) in [4.78, 5) is 39.4. The van der Waals surface area contributed by atoms with Gasteiger partial charge in [0.1, 0.15) is 23.0 Å². The maximum atomic E-state index is 13.6. The van der Waals surface area contributed by atoms with E-state index in [2.05, 4.69) is 0 Å². The molecular weight excluding hydrogens is 468 g/mol. The first kappa shape index (κ1) is 24.4. The number of ether oxygens (including phenoxy) is 3. The minimum atomic E-state index is -0.881. The molecule has 0 aromatic heterocycles. The van der Waals surface area contributed by atoms with E-state index in [1.807, 2.05) is 0 Å². The molecule has 1 heterocycles. The smallest absolute Gasteiger partial charge is 0.202 e. The molecule has 5 rings (SSSR count). The average molecular weight is 497 g/mol. The summed E-state index contributed by atoms with van der Waals surface area (Å²) in [5.41, 5.74) is -0.136. The predicted octanol–water partition coefficient (Wildman–Crippen LogP) is 2.98. The van der Waals surface area contributed by atoms with Crippen LogP contribution in [0, 0.1) is 5.92 Å². The van der Waals surface area contributed by atoms with Crippen molar-refractivity contribution in [3.63, 3.8) is 0 Å². The number of carbonyl (C=O) groups is 3. The Morgan fingerprint density at radius 1 is 1.06 bits per heavy atom. The van der Waals surface area contributed by atoms with Gasteiger partial charge in [0.05, 0.1) is 42.1 Å². The van der Waals surface area contributed by atoms with Crippen molar-refractivity contribution in [3.05, 3.63) is 51.6 Å². The second-order valence-electron chi connectivity index (χ2n) is 9.67. The summed E-state index contributed by atoms with van der Waals surface area (Å²) in [7, 11) is 1.38. The zero-order chi connectivity index (χ0) is 25.9. The van der Waals surface area contributed by atoms with Crippen molar-refractivity contribution in [1.29, 1.82) is 0 Å². The van der Waals surface area contributed by atoms with Gasteiger partial charge in [0, 0.05) is 29.0 Å². The zero-order valence-corrected chi connectivity index (χ0v) is 20.2. The molecule has 1 unspecified atom stereocenters. The minimum absolute atomic E-state index is 0.0143. The van der Waals surface area contributed by atoms with E-state index in [0.717, 1.165) is 0 Å². The fourth-order valence-corrected chi connectivity index (χ4v) is 5.54. The van der Waals surface area contributed by atoms with Crippen LogP contribution in [0.3, 0.4) is 0 Å². The van der Waals surface area contributed by atoms with E-state index in [1.165, 1.54) is 20.1 Å². The lowest BCUT2D eigenvalue weighted by Crippen LogP contribution is -2.39. The Kier molecular flexibility index (Phi) is 6.10. The number of ketones is 3. The molecule has 1 aliphatic heterocycles.